The fraction of sp³-hybridized carbons (Fsp3) is 0.857. The molecule has 19 heavy (non-hydrogen) atoms. The van der Waals surface area contributed by atoms with Crippen LogP contribution >= 0.6 is 0 Å². The molecular weight excluding hydrogens is 256 g/mol. The van der Waals surface area contributed by atoms with Crippen molar-refractivity contribution in [2.24, 2.45) is 11.3 Å². The van der Waals surface area contributed by atoms with Crippen molar-refractivity contribution in [3.63, 3.8) is 0 Å². The third kappa shape index (κ3) is 6.12. The van der Waals surface area contributed by atoms with Gasteiger partial charge in [-0.2, -0.15) is 0 Å². The maximum Gasteiger partial charge on any atom is 0.321 e. The van der Waals surface area contributed by atoms with E-state index in [0.717, 1.165) is 19.3 Å². The maximum atomic E-state index is 11.3. The number of hydrogen-bond donors (Lipinski definition) is 2. The smallest absolute Gasteiger partial charge is 0.321 e. The highest BCUT2D eigenvalue weighted by Crippen LogP contribution is 2.34. The highest BCUT2D eigenvalue weighted by atomic mass is 24.3. The lowest BCUT2D eigenvalue weighted by molar-refractivity contribution is -0.169. The third-order valence-corrected chi connectivity index (χ3v) is 3.67. The Morgan fingerprint density at radius 3 is 1.74 bits per heavy atom. The highest BCUT2D eigenvalue weighted by molar-refractivity contribution is 5.98. The van der Waals surface area contributed by atoms with E-state index in [1.165, 1.54) is 12.8 Å². The van der Waals surface area contributed by atoms with Gasteiger partial charge in [-0.05, 0) is 12.3 Å². The molecule has 0 aliphatic rings. The van der Waals surface area contributed by atoms with E-state index in [9.17, 15) is 19.8 Å². The first kappa shape index (κ1) is 21.0. The molecule has 0 bridgehead atoms. The Balaban J connectivity index is 0. The van der Waals surface area contributed by atoms with E-state index in [2.05, 4.69) is 6.92 Å². The first-order valence-corrected chi connectivity index (χ1v) is 6.86. The lowest BCUT2D eigenvalue weighted by atomic mass is 9.73. The fourth-order valence-electron chi connectivity index (χ4n) is 2.27. The summed E-state index contributed by atoms with van der Waals surface area (Å²) >= 11 is 0. The molecule has 0 aliphatic carbocycles. The molecule has 4 nitrogen and oxygen atoms in total. The summed E-state index contributed by atoms with van der Waals surface area (Å²) in [5.74, 6) is -2.82. The zero-order valence-electron chi connectivity index (χ0n) is 11.7. The molecule has 0 aromatic rings. The zero-order chi connectivity index (χ0) is 14.2. The van der Waals surface area contributed by atoms with Crippen LogP contribution in [0.2, 0.25) is 0 Å². The van der Waals surface area contributed by atoms with Gasteiger partial charge in [0.1, 0.15) is 0 Å². The molecule has 0 fully saturated rings. The van der Waals surface area contributed by atoms with Gasteiger partial charge in [-0.3, -0.25) is 9.59 Å². The monoisotopic (exact) mass is 284 g/mol. The van der Waals surface area contributed by atoms with Gasteiger partial charge in [-0.15, -0.1) is 0 Å². The van der Waals surface area contributed by atoms with Crippen LogP contribution in [0.4, 0.5) is 0 Å². The lowest BCUT2D eigenvalue weighted by Crippen LogP contribution is -2.43. The molecular formula is C14H28MgO4. The Morgan fingerprint density at radius 1 is 0.947 bits per heavy atom. The van der Waals surface area contributed by atoms with Gasteiger partial charge in [-0.1, -0.05) is 59.3 Å². The minimum atomic E-state index is -1.62. The predicted octanol–water partition coefficient (Wildman–Crippen LogP) is 2.63. The van der Waals surface area contributed by atoms with Gasteiger partial charge >= 0.3 is 35.0 Å². The minimum absolute atomic E-state index is 0. The van der Waals surface area contributed by atoms with Crippen LogP contribution in [0.5, 0.6) is 0 Å². The minimum Gasteiger partial charge on any atom is -0.480 e. The first-order chi connectivity index (χ1) is 8.39. The topological polar surface area (TPSA) is 74.6 Å². The highest BCUT2D eigenvalue weighted by Gasteiger charge is 2.48. The average molecular weight is 285 g/mol. The molecule has 0 radical (unpaired) electrons. The van der Waals surface area contributed by atoms with Crippen molar-refractivity contribution in [3.05, 3.63) is 0 Å². The Labute approximate surface area is 132 Å². The number of carboxylic acid groups (broad SMARTS) is 2. The van der Waals surface area contributed by atoms with Crippen LogP contribution in [0.1, 0.15) is 65.7 Å². The number of unbranched alkanes of at least 4 members (excludes halogenated alkanes) is 5. The summed E-state index contributed by atoms with van der Waals surface area (Å²) in [6, 6.07) is 0. The van der Waals surface area contributed by atoms with E-state index in [-0.39, 0.29) is 29.5 Å². The van der Waals surface area contributed by atoms with E-state index in [4.69, 9.17) is 0 Å². The fourth-order valence-corrected chi connectivity index (χ4v) is 2.27. The molecule has 0 atom stereocenters. The third-order valence-electron chi connectivity index (χ3n) is 3.67. The number of aliphatic carboxylic acids is 2. The van der Waals surface area contributed by atoms with Gasteiger partial charge in [0.15, 0.2) is 5.41 Å². The van der Waals surface area contributed by atoms with Crippen molar-refractivity contribution in [1.82, 2.24) is 0 Å². The molecule has 0 saturated carbocycles. The number of hydrogen-bond acceptors (Lipinski definition) is 2. The van der Waals surface area contributed by atoms with Crippen LogP contribution < -0.4 is 0 Å². The maximum absolute atomic E-state index is 11.3. The van der Waals surface area contributed by atoms with Crippen molar-refractivity contribution < 1.29 is 19.8 Å². The summed E-state index contributed by atoms with van der Waals surface area (Å²) in [5.41, 5.74) is -1.62. The van der Waals surface area contributed by atoms with Crippen molar-refractivity contribution in [3.8, 4) is 0 Å². The van der Waals surface area contributed by atoms with Crippen LogP contribution in [0.25, 0.3) is 0 Å². The van der Waals surface area contributed by atoms with E-state index in [1.54, 1.807) is 13.8 Å². The van der Waals surface area contributed by atoms with Crippen molar-refractivity contribution in [1.29, 1.82) is 0 Å². The predicted molar refractivity (Wildman–Crippen MR) is 79.1 cm³/mol. The molecule has 0 rings (SSSR count). The van der Waals surface area contributed by atoms with Crippen LogP contribution in [0.3, 0.4) is 0 Å². The normalized spacial score (nSPS) is 11.2. The van der Waals surface area contributed by atoms with Gasteiger partial charge in [0, 0.05) is 0 Å². The lowest BCUT2D eigenvalue weighted by Gasteiger charge is -2.28. The van der Waals surface area contributed by atoms with E-state index in [1.807, 2.05) is 0 Å². The second-order valence-electron chi connectivity index (χ2n) is 5.25. The molecule has 0 saturated heterocycles. The summed E-state index contributed by atoms with van der Waals surface area (Å²) in [5, 5.41) is 18.4. The summed E-state index contributed by atoms with van der Waals surface area (Å²) in [4.78, 5) is 22.6. The SMILES string of the molecule is CCCCCCCCC(C(=O)O)(C(=O)O)C(C)C.[MgH2]. The van der Waals surface area contributed by atoms with Crippen LogP contribution in [-0.4, -0.2) is 45.2 Å². The standard InChI is InChI=1S/C14H26O4.Mg.2H/c1-4-5-6-7-8-9-10-14(11(2)3,12(15)16)13(17)18;;;/h11H,4-10H2,1-3H3,(H,15,16)(H,17,18);;;. The molecule has 5 heteroatoms. The van der Waals surface area contributed by atoms with Gasteiger partial charge in [-0.25, -0.2) is 0 Å². The molecule has 0 aliphatic heterocycles. The van der Waals surface area contributed by atoms with Gasteiger partial charge in [0.05, 0.1) is 0 Å². The van der Waals surface area contributed by atoms with E-state index >= 15 is 0 Å². The van der Waals surface area contributed by atoms with Gasteiger partial charge < -0.3 is 10.2 Å². The molecule has 2 N–H and O–H groups in total. The Bertz CT molecular complexity index is 263. The zero-order valence-corrected chi connectivity index (χ0v) is 11.7. The second kappa shape index (κ2) is 10.5. The molecule has 0 aromatic heterocycles. The second-order valence-corrected chi connectivity index (χ2v) is 5.25. The van der Waals surface area contributed by atoms with E-state index < -0.39 is 23.3 Å². The molecule has 110 valence electrons. The number of carbonyl (C=O) groups is 2. The Kier molecular flexibility index (Phi) is 11.6. The molecule has 0 spiro atoms. The van der Waals surface area contributed by atoms with Gasteiger partial charge in [0.25, 0.3) is 0 Å². The summed E-state index contributed by atoms with van der Waals surface area (Å²) in [6.45, 7) is 5.47. The van der Waals surface area contributed by atoms with Crippen LogP contribution in [-0.2, 0) is 9.59 Å². The van der Waals surface area contributed by atoms with Crippen molar-refractivity contribution in [2.45, 2.75) is 65.7 Å². The van der Waals surface area contributed by atoms with Crippen molar-refractivity contribution >= 4 is 35.0 Å². The number of carboxylic acids is 2. The summed E-state index contributed by atoms with van der Waals surface area (Å²) < 4.78 is 0. The Hall–Kier alpha value is -0.294. The summed E-state index contributed by atoms with van der Waals surface area (Å²) in [6.07, 6.45) is 6.36. The van der Waals surface area contributed by atoms with Crippen molar-refractivity contribution in [2.75, 3.05) is 0 Å². The van der Waals surface area contributed by atoms with E-state index in [0.29, 0.717) is 6.42 Å². The molecule has 0 aromatic carbocycles. The van der Waals surface area contributed by atoms with Gasteiger partial charge in [0.2, 0.25) is 0 Å². The van der Waals surface area contributed by atoms with Crippen LogP contribution in [0, 0.1) is 11.3 Å². The quantitative estimate of drug-likeness (QED) is 0.367. The van der Waals surface area contributed by atoms with Crippen LogP contribution in [0.15, 0.2) is 0 Å². The largest absolute Gasteiger partial charge is 0.480 e. The molecule has 0 heterocycles. The number of rotatable bonds is 10. The average Bonchev–Trinajstić information content (AvgIpc) is 2.26. The Morgan fingerprint density at radius 2 is 1.37 bits per heavy atom. The first-order valence-electron chi connectivity index (χ1n) is 6.86. The molecule has 0 amide bonds. The summed E-state index contributed by atoms with van der Waals surface area (Å²) in [7, 11) is 0. The molecule has 0 unspecified atom stereocenters.